The zero-order valence-electron chi connectivity index (χ0n) is 13.3. The van der Waals surface area contributed by atoms with E-state index in [0.29, 0.717) is 17.1 Å². The number of benzene rings is 1. The van der Waals surface area contributed by atoms with E-state index in [0.717, 1.165) is 0 Å². The van der Waals surface area contributed by atoms with Crippen LogP contribution in [0.25, 0.3) is 0 Å². The van der Waals surface area contributed by atoms with Crippen LogP contribution in [0, 0.1) is 16.7 Å². The number of fused-ring (bicyclic) bond motifs is 1. The van der Waals surface area contributed by atoms with E-state index in [-0.39, 0.29) is 19.2 Å². The summed E-state index contributed by atoms with van der Waals surface area (Å²) in [5, 5.41) is 8.53. The van der Waals surface area contributed by atoms with Gasteiger partial charge in [0.25, 0.3) is 0 Å². The Morgan fingerprint density at radius 2 is 2.08 bits per heavy atom. The molecule has 2 aliphatic rings. The van der Waals surface area contributed by atoms with Gasteiger partial charge in [-0.15, -0.1) is 0 Å². The predicted octanol–water partition coefficient (Wildman–Crippen LogP) is 1.39. The van der Waals surface area contributed by atoms with Crippen molar-refractivity contribution in [1.82, 2.24) is 0 Å². The highest BCUT2D eigenvalue weighted by Gasteiger charge is 2.77. The minimum absolute atomic E-state index is 0.0784. The van der Waals surface area contributed by atoms with Crippen molar-refractivity contribution in [3.63, 3.8) is 0 Å². The molecule has 1 fully saturated rings. The molecule has 1 aliphatic heterocycles. The number of nitriles is 1. The fourth-order valence-corrected chi connectivity index (χ4v) is 5.17. The van der Waals surface area contributed by atoms with Crippen LogP contribution in [-0.4, -0.2) is 38.8 Å². The minimum atomic E-state index is -3.61. The number of sulfone groups is 1. The molecule has 1 saturated carbocycles. The van der Waals surface area contributed by atoms with E-state index in [1.807, 2.05) is 6.07 Å². The first-order chi connectivity index (χ1) is 11.4. The van der Waals surface area contributed by atoms with Crippen LogP contribution in [0.1, 0.15) is 25.3 Å². The van der Waals surface area contributed by atoms with Gasteiger partial charge in [-0.3, -0.25) is 4.79 Å². The van der Waals surface area contributed by atoms with E-state index >= 15 is 0 Å². The van der Waals surface area contributed by atoms with Crippen molar-refractivity contribution in [2.75, 3.05) is 19.2 Å². The second kappa shape index (κ2) is 5.67. The molecule has 3 rings (SSSR count). The summed E-state index contributed by atoms with van der Waals surface area (Å²) in [4.78, 5) is 12.4. The number of nitrogens with zero attached hydrogens (tertiary/aromatic N) is 1. The highest BCUT2D eigenvalue weighted by Crippen LogP contribution is 2.64. The van der Waals surface area contributed by atoms with Gasteiger partial charge in [0.1, 0.15) is 5.25 Å². The van der Waals surface area contributed by atoms with Gasteiger partial charge in [0.2, 0.25) is 6.79 Å². The Morgan fingerprint density at radius 3 is 2.71 bits per heavy atom. The largest absolute Gasteiger partial charge is 0.465 e. The van der Waals surface area contributed by atoms with Gasteiger partial charge in [-0.25, -0.2) is 8.42 Å². The van der Waals surface area contributed by atoms with E-state index in [2.05, 4.69) is 0 Å². The second-order valence-electron chi connectivity index (χ2n) is 5.66. The van der Waals surface area contributed by atoms with Crippen molar-refractivity contribution in [2.24, 2.45) is 5.41 Å². The molecule has 8 heteroatoms. The van der Waals surface area contributed by atoms with Crippen LogP contribution in [0.15, 0.2) is 18.2 Å². The van der Waals surface area contributed by atoms with Crippen molar-refractivity contribution < 1.29 is 27.4 Å². The summed E-state index contributed by atoms with van der Waals surface area (Å²) in [6.45, 7) is 3.28. The number of esters is 1. The minimum Gasteiger partial charge on any atom is -0.465 e. The van der Waals surface area contributed by atoms with E-state index in [1.54, 1.807) is 25.1 Å². The van der Waals surface area contributed by atoms with Crippen LogP contribution in [0.4, 0.5) is 0 Å². The molecule has 128 valence electrons. The molecule has 1 aliphatic carbocycles. The molecule has 7 nitrogen and oxygen atoms in total. The predicted molar refractivity (Wildman–Crippen MR) is 83.2 cm³/mol. The fraction of sp³-hybridized carbons (Fsp3) is 0.500. The smallest absolute Gasteiger partial charge is 0.328 e. The molecule has 1 aromatic carbocycles. The fourth-order valence-electron chi connectivity index (χ4n) is 3.24. The summed E-state index contributed by atoms with van der Waals surface area (Å²) < 4.78 is 40.4. The lowest BCUT2D eigenvalue weighted by atomic mass is 10.0. The summed E-state index contributed by atoms with van der Waals surface area (Å²) in [5.74, 6) is -0.699. The summed E-state index contributed by atoms with van der Waals surface area (Å²) in [6, 6.07) is 6.86. The van der Waals surface area contributed by atoms with Gasteiger partial charge in [0.05, 0.1) is 12.7 Å². The maximum Gasteiger partial charge on any atom is 0.328 e. The molecular formula is C16H17NO6S. The number of rotatable bonds is 5. The van der Waals surface area contributed by atoms with Gasteiger partial charge in [0.15, 0.2) is 26.8 Å². The van der Waals surface area contributed by atoms with Crippen LogP contribution < -0.4 is 9.47 Å². The molecule has 1 heterocycles. The summed E-state index contributed by atoms with van der Waals surface area (Å²) >= 11 is 0. The summed E-state index contributed by atoms with van der Waals surface area (Å²) in [7, 11) is -3.61. The topological polar surface area (TPSA) is 103 Å². The Bertz CT molecular complexity index is 827. The van der Waals surface area contributed by atoms with Gasteiger partial charge < -0.3 is 14.2 Å². The Balaban J connectivity index is 2.07. The Labute approximate surface area is 140 Å². The number of ether oxygens (including phenoxy) is 3. The number of carbonyl (C=O) groups excluding carboxylic acids is 1. The summed E-state index contributed by atoms with van der Waals surface area (Å²) in [6.07, 6.45) is 0. The first-order valence-corrected chi connectivity index (χ1v) is 9.33. The quantitative estimate of drug-likeness (QED) is 0.739. The van der Waals surface area contributed by atoms with Crippen LogP contribution in [0.2, 0.25) is 0 Å². The maximum absolute atomic E-state index is 12.4. The van der Waals surface area contributed by atoms with Crippen LogP contribution >= 0.6 is 0 Å². The zero-order chi connectivity index (χ0) is 17.5. The normalized spacial score (nSPS) is 27.4. The van der Waals surface area contributed by atoms with Crippen LogP contribution in [0.5, 0.6) is 11.5 Å². The Hall–Kier alpha value is -2.27. The number of hydrogen-bond acceptors (Lipinski definition) is 7. The molecule has 0 unspecified atom stereocenters. The van der Waals surface area contributed by atoms with Gasteiger partial charge >= 0.3 is 5.97 Å². The lowest BCUT2D eigenvalue weighted by Gasteiger charge is -2.08. The molecule has 0 N–H and O–H groups in total. The van der Waals surface area contributed by atoms with E-state index in [4.69, 9.17) is 14.2 Å². The molecule has 24 heavy (non-hydrogen) atoms. The molecule has 1 aromatic rings. The average molecular weight is 351 g/mol. The highest BCUT2D eigenvalue weighted by atomic mass is 32.2. The van der Waals surface area contributed by atoms with Crippen molar-refractivity contribution >= 4 is 15.8 Å². The lowest BCUT2D eigenvalue weighted by molar-refractivity contribution is -0.147. The monoisotopic (exact) mass is 351 g/mol. The second-order valence-corrected chi connectivity index (χ2v) is 8.07. The first-order valence-electron chi connectivity index (χ1n) is 7.62. The maximum atomic E-state index is 12.4. The molecule has 3 atom stereocenters. The van der Waals surface area contributed by atoms with Gasteiger partial charge in [-0.05, 0) is 24.6 Å². The van der Waals surface area contributed by atoms with Crippen molar-refractivity contribution in [3.05, 3.63) is 23.8 Å². The van der Waals surface area contributed by atoms with Gasteiger partial charge in [-0.2, -0.15) is 5.26 Å². The highest BCUT2D eigenvalue weighted by molar-refractivity contribution is 7.92. The zero-order valence-corrected chi connectivity index (χ0v) is 14.1. The molecule has 0 aromatic heterocycles. The number of hydrogen-bond donors (Lipinski definition) is 0. The van der Waals surface area contributed by atoms with Crippen molar-refractivity contribution in [2.45, 2.75) is 25.0 Å². The third-order valence-electron chi connectivity index (χ3n) is 4.48. The van der Waals surface area contributed by atoms with Crippen LogP contribution in [0.3, 0.4) is 0 Å². The standard InChI is InChI=1S/C16H17NO6S/c1-3-21-15(18)16(8-17)13(14(16)24(19,20)4-2)10-5-6-11-12(7-10)23-9-22-11/h5-7,13-14H,3-4,9H2,1-2H3/t13-,14-,16+/m0/s1. The first kappa shape index (κ1) is 16.6. The molecule has 0 spiro atoms. The third-order valence-corrected chi connectivity index (χ3v) is 6.70. The molecule has 0 bridgehead atoms. The van der Waals surface area contributed by atoms with Gasteiger partial charge in [-0.1, -0.05) is 13.0 Å². The van der Waals surface area contributed by atoms with E-state index < -0.39 is 32.4 Å². The summed E-state index contributed by atoms with van der Waals surface area (Å²) in [5.41, 5.74) is -1.16. The van der Waals surface area contributed by atoms with Crippen LogP contribution in [-0.2, 0) is 19.4 Å². The van der Waals surface area contributed by atoms with Crippen molar-refractivity contribution in [3.8, 4) is 17.6 Å². The average Bonchev–Trinajstić information content (AvgIpc) is 3.07. The molecular weight excluding hydrogens is 334 g/mol. The Morgan fingerprint density at radius 1 is 1.38 bits per heavy atom. The molecule has 0 saturated heterocycles. The molecule has 0 radical (unpaired) electrons. The lowest BCUT2D eigenvalue weighted by Crippen LogP contribution is -2.26. The van der Waals surface area contributed by atoms with E-state index in [9.17, 15) is 18.5 Å². The Kier molecular flexibility index (Phi) is 3.92. The third kappa shape index (κ3) is 2.23. The van der Waals surface area contributed by atoms with E-state index in [1.165, 1.54) is 6.92 Å². The SMILES string of the molecule is CCOC(=O)[C@]1(C#N)[C@@H](c2ccc3c(c2)OCO3)[C@@H]1S(=O)(=O)CC. The molecule has 0 amide bonds. The number of carbonyl (C=O) groups is 1. The van der Waals surface area contributed by atoms with Crippen molar-refractivity contribution in [1.29, 1.82) is 5.26 Å². The van der Waals surface area contributed by atoms with Gasteiger partial charge in [0, 0.05) is 11.7 Å².